The Bertz CT molecular complexity index is 1640. The quantitative estimate of drug-likeness (QED) is 0.282. The average molecular weight is 525 g/mol. The fraction of sp³-hybridized carbons (Fsp3) is 0.310. The number of Topliss-reactive ketones (excluding diaryl/α,β-unsaturated/α-hetero) is 1. The molecule has 4 aromatic heterocycles. The highest BCUT2D eigenvalue weighted by molar-refractivity contribution is 5.96. The Morgan fingerprint density at radius 3 is 2.74 bits per heavy atom. The van der Waals surface area contributed by atoms with Crippen LogP contribution in [0.3, 0.4) is 0 Å². The van der Waals surface area contributed by atoms with E-state index in [1.54, 1.807) is 10.6 Å². The minimum Gasteiger partial charge on any atom is -0.438 e. The van der Waals surface area contributed by atoms with E-state index in [1.165, 1.54) is 0 Å². The molecule has 10 nitrogen and oxygen atoms in total. The lowest BCUT2D eigenvalue weighted by atomic mass is 10.0. The Hall–Kier alpha value is -4.44. The van der Waals surface area contributed by atoms with Gasteiger partial charge >= 0.3 is 0 Å². The molecule has 1 aliphatic rings. The molecule has 1 aliphatic heterocycles. The van der Waals surface area contributed by atoms with Gasteiger partial charge < -0.3 is 19.9 Å². The Morgan fingerprint density at radius 2 is 1.95 bits per heavy atom. The van der Waals surface area contributed by atoms with E-state index >= 15 is 0 Å². The van der Waals surface area contributed by atoms with Gasteiger partial charge in [-0.05, 0) is 80.7 Å². The van der Waals surface area contributed by atoms with Crippen molar-refractivity contribution in [3.05, 3.63) is 83.6 Å². The van der Waals surface area contributed by atoms with Crippen LogP contribution in [0.2, 0.25) is 0 Å². The molecular weight excluding hydrogens is 492 g/mol. The highest BCUT2D eigenvalue weighted by Gasteiger charge is 2.17. The largest absolute Gasteiger partial charge is 0.438 e. The Labute approximate surface area is 226 Å². The van der Waals surface area contributed by atoms with Crippen LogP contribution in [-0.2, 0) is 13.5 Å². The maximum Gasteiger partial charge on any atom is 0.237 e. The Kier molecular flexibility index (Phi) is 6.62. The summed E-state index contributed by atoms with van der Waals surface area (Å²) < 4.78 is 11.7. The number of carbonyl (C=O) groups is 1. The third-order valence-corrected chi connectivity index (χ3v) is 7.17. The maximum atomic E-state index is 12.9. The topological polar surface area (TPSA) is 103 Å². The first kappa shape index (κ1) is 24.9. The van der Waals surface area contributed by atoms with Gasteiger partial charge in [0.15, 0.2) is 17.2 Å². The SMILES string of the molecule is Cc1cc(C(=O)Cc2cc(Oc3ccc4nc(Nc5cnn(C6CCNCC6)c5)cn4n3)ccc2C)n(C)c1. The van der Waals surface area contributed by atoms with Crippen LogP contribution >= 0.6 is 0 Å². The Morgan fingerprint density at radius 1 is 1.10 bits per heavy atom. The molecule has 1 aromatic carbocycles. The van der Waals surface area contributed by atoms with Crippen LogP contribution < -0.4 is 15.4 Å². The molecule has 0 saturated carbocycles. The monoisotopic (exact) mass is 524 g/mol. The first-order chi connectivity index (χ1) is 18.9. The van der Waals surface area contributed by atoms with Gasteiger partial charge in [0, 0.05) is 31.9 Å². The minimum atomic E-state index is 0.0742. The van der Waals surface area contributed by atoms with Crippen LogP contribution in [0.5, 0.6) is 11.6 Å². The number of anilines is 2. The van der Waals surface area contributed by atoms with Crippen LogP contribution in [0, 0.1) is 13.8 Å². The predicted octanol–water partition coefficient (Wildman–Crippen LogP) is 4.77. The van der Waals surface area contributed by atoms with Crippen molar-refractivity contribution in [2.24, 2.45) is 7.05 Å². The van der Waals surface area contributed by atoms with E-state index in [0.717, 1.165) is 48.3 Å². The lowest BCUT2D eigenvalue weighted by Crippen LogP contribution is -2.29. The fourth-order valence-corrected chi connectivity index (χ4v) is 5.09. The molecule has 10 heteroatoms. The molecule has 0 unspecified atom stereocenters. The van der Waals surface area contributed by atoms with Gasteiger partial charge in [0.1, 0.15) is 5.75 Å². The molecule has 1 saturated heterocycles. The molecule has 5 aromatic rings. The van der Waals surface area contributed by atoms with E-state index < -0.39 is 0 Å². The molecule has 0 atom stereocenters. The van der Waals surface area contributed by atoms with Gasteiger partial charge in [-0.25, -0.2) is 9.50 Å². The second kappa shape index (κ2) is 10.4. The smallest absolute Gasteiger partial charge is 0.237 e. The van der Waals surface area contributed by atoms with Crippen LogP contribution in [0.25, 0.3) is 5.65 Å². The third-order valence-electron chi connectivity index (χ3n) is 7.17. The number of ether oxygens (including phenoxy) is 1. The zero-order chi connectivity index (χ0) is 26.9. The van der Waals surface area contributed by atoms with Gasteiger partial charge in [-0.15, -0.1) is 5.10 Å². The van der Waals surface area contributed by atoms with Crippen molar-refractivity contribution in [1.82, 2.24) is 34.3 Å². The summed E-state index contributed by atoms with van der Waals surface area (Å²) in [5.41, 5.74) is 5.33. The number of aromatic nitrogens is 6. The van der Waals surface area contributed by atoms with Crippen LogP contribution in [0.15, 0.2) is 61.2 Å². The molecule has 0 aliphatic carbocycles. The van der Waals surface area contributed by atoms with E-state index in [9.17, 15) is 4.79 Å². The molecule has 0 radical (unpaired) electrons. The summed E-state index contributed by atoms with van der Waals surface area (Å²) in [6, 6.07) is 11.8. The van der Waals surface area contributed by atoms with Gasteiger partial charge in [0.05, 0.1) is 29.8 Å². The van der Waals surface area contributed by atoms with Crippen molar-refractivity contribution < 1.29 is 9.53 Å². The van der Waals surface area contributed by atoms with Gasteiger partial charge in [-0.1, -0.05) is 6.07 Å². The van der Waals surface area contributed by atoms with Crippen molar-refractivity contribution in [2.75, 3.05) is 18.4 Å². The third kappa shape index (κ3) is 5.42. The van der Waals surface area contributed by atoms with Crippen molar-refractivity contribution in [3.63, 3.8) is 0 Å². The van der Waals surface area contributed by atoms with Crippen molar-refractivity contribution in [3.8, 4) is 11.6 Å². The number of hydrogen-bond acceptors (Lipinski definition) is 7. The molecular formula is C29H32N8O2. The van der Waals surface area contributed by atoms with Crippen LogP contribution in [0.4, 0.5) is 11.5 Å². The molecule has 0 bridgehead atoms. The maximum absolute atomic E-state index is 12.9. The summed E-state index contributed by atoms with van der Waals surface area (Å²) in [4.78, 5) is 17.6. The first-order valence-electron chi connectivity index (χ1n) is 13.2. The number of hydrogen-bond donors (Lipinski definition) is 2. The second-order valence-corrected chi connectivity index (χ2v) is 10.2. The number of nitrogens with one attached hydrogen (secondary N) is 2. The number of carbonyl (C=O) groups excluding carboxylic acids is 1. The molecule has 5 heterocycles. The van der Waals surface area contributed by atoms with Crippen molar-refractivity contribution in [1.29, 1.82) is 0 Å². The lowest BCUT2D eigenvalue weighted by molar-refractivity contribution is 0.0985. The van der Waals surface area contributed by atoms with Gasteiger partial charge in [0.2, 0.25) is 5.88 Å². The first-order valence-corrected chi connectivity index (χ1v) is 13.2. The number of piperidine rings is 1. The number of fused-ring (bicyclic) bond motifs is 1. The number of benzene rings is 1. The highest BCUT2D eigenvalue weighted by atomic mass is 16.5. The molecule has 0 spiro atoms. The van der Waals surface area contributed by atoms with E-state index in [-0.39, 0.29) is 5.78 Å². The zero-order valence-electron chi connectivity index (χ0n) is 22.4. The number of ketones is 1. The van der Waals surface area contributed by atoms with E-state index in [4.69, 9.17) is 4.74 Å². The number of rotatable bonds is 8. The van der Waals surface area contributed by atoms with Crippen LogP contribution in [-0.4, -0.2) is 47.8 Å². The van der Waals surface area contributed by atoms with Gasteiger partial charge in [-0.2, -0.15) is 5.10 Å². The molecule has 1 fully saturated rings. The summed E-state index contributed by atoms with van der Waals surface area (Å²) in [5.74, 6) is 1.81. The molecule has 2 N–H and O–H groups in total. The van der Waals surface area contributed by atoms with Crippen molar-refractivity contribution >= 4 is 22.9 Å². The molecule has 6 rings (SSSR count). The standard InChI is InChI=1S/C29H32N8O2/c1-19-12-25(35(3)16-19)26(38)14-21-13-24(5-4-20(21)2)39-29-7-6-28-33-27(18-37(28)34-29)32-22-15-31-36(17-22)23-8-10-30-11-9-23/h4-7,12-13,15-18,23,30,32H,8-11,14H2,1-3H3. The molecule has 0 amide bonds. The van der Waals surface area contributed by atoms with E-state index in [2.05, 4.69) is 25.8 Å². The molecule has 39 heavy (non-hydrogen) atoms. The van der Waals surface area contributed by atoms with E-state index in [1.807, 2.05) is 85.3 Å². The molecule has 200 valence electrons. The summed E-state index contributed by atoms with van der Waals surface area (Å²) in [6.07, 6.45) is 10.1. The number of nitrogens with zero attached hydrogens (tertiary/aromatic N) is 6. The van der Waals surface area contributed by atoms with Gasteiger partial charge in [-0.3, -0.25) is 9.48 Å². The van der Waals surface area contributed by atoms with E-state index in [0.29, 0.717) is 41.3 Å². The number of aryl methyl sites for hydroxylation is 3. The highest BCUT2D eigenvalue weighted by Crippen LogP contribution is 2.26. The normalized spacial score (nSPS) is 14.1. The summed E-state index contributed by atoms with van der Waals surface area (Å²) >= 11 is 0. The lowest BCUT2D eigenvalue weighted by Gasteiger charge is -2.22. The van der Waals surface area contributed by atoms with Crippen LogP contribution in [0.1, 0.15) is 46.1 Å². The number of imidazole rings is 1. The summed E-state index contributed by atoms with van der Waals surface area (Å²) in [6.45, 7) is 6.03. The zero-order valence-corrected chi connectivity index (χ0v) is 22.4. The van der Waals surface area contributed by atoms with Crippen molar-refractivity contribution in [2.45, 2.75) is 39.2 Å². The second-order valence-electron chi connectivity index (χ2n) is 10.2. The summed E-state index contributed by atoms with van der Waals surface area (Å²) in [5, 5.41) is 15.8. The minimum absolute atomic E-state index is 0.0742. The Balaban J connectivity index is 1.15. The predicted molar refractivity (Wildman–Crippen MR) is 149 cm³/mol. The summed E-state index contributed by atoms with van der Waals surface area (Å²) in [7, 11) is 1.90. The average Bonchev–Trinajstić information content (AvgIpc) is 3.64. The fourth-order valence-electron chi connectivity index (χ4n) is 5.09. The van der Waals surface area contributed by atoms with Gasteiger partial charge in [0.25, 0.3) is 0 Å².